The molecule has 1 aliphatic rings. The number of aliphatic hydroxyl groups excluding tert-OH is 1. The van der Waals surface area contributed by atoms with Crippen molar-refractivity contribution in [3.63, 3.8) is 0 Å². The van der Waals surface area contributed by atoms with Crippen LogP contribution in [0.15, 0.2) is 24.3 Å². The highest BCUT2D eigenvalue weighted by Gasteiger charge is 2.33. The van der Waals surface area contributed by atoms with E-state index in [1.807, 2.05) is 0 Å². The third-order valence-electron chi connectivity index (χ3n) is 4.37. The summed E-state index contributed by atoms with van der Waals surface area (Å²) in [5, 5.41) is 12.1. The number of amides is 1. The van der Waals surface area contributed by atoms with E-state index in [4.69, 9.17) is 4.74 Å². The topological polar surface area (TPSA) is 233 Å². The van der Waals surface area contributed by atoms with Gasteiger partial charge in [0.15, 0.2) is 0 Å². The predicted octanol–water partition coefficient (Wildman–Crippen LogP) is -0.371. The lowest BCUT2D eigenvalue weighted by Crippen LogP contribution is -2.27. The van der Waals surface area contributed by atoms with Gasteiger partial charge in [0.05, 0.1) is 25.4 Å². The van der Waals surface area contributed by atoms with E-state index in [1.54, 1.807) is 6.92 Å². The number of nitrogens with one attached hydrogen (secondary N) is 1. The molecule has 1 fully saturated rings. The fraction of sp³-hybridized carbons (Fsp3) is 0.529. The van der Waals surface area contributed by atoms with Crippen molar-refractivity contribution < 1.29 is 65.5 Å². The van der Waals surface area contributed by atoms with Gasteiger partial charge in [-0.05, 0) is 25.5 Å². The van der Waals surface area contributed by atoms with E-state index in [9.17, 15) is 43.1 Å². The highest BCUT2D eigenvalue weighted by molar-refractivity contribution is 7.65. The first-order chi connectivity index (χ1) is 16.2. The van der Waals surface area contributed by atoms with Crippen LogP contribution >= 0.6 is 23.5 Å². The summed E-state index contributed by atoms with van der Waals surface area (Å²) in [6.45, 7) is 0.151. The van der Waals surface area contributed by atoms with Crippen LogP contribution in [0.2, 0.25) is 0 Å². The summed E-state index contributed by atoms with van der Waals surface area (Å²) in [6, 6.07) is 5.67. The Morgan fingerprint density at radius 3 is 2.26 bits per heavy atom. The minimum absolute atomic E-state index is 0.0723. The fourth-order valence-corrected chi connectivity index (χ4v) is 6.23. The molecule has 1 aliphatic heterocycles. The number of phosphoric ester groups is 2. The Morgan fingerprint density at radius 2 is 1.71 bits per heavy atom. The number of hydrogen-bond acceptors (Lipinski definition) is 14. The second kappa shape index (κ2) is 12.8. The number of rotatable bonds is 14. The summed E-state index contributed by atoms with van der Waals surface area (Å²) < 4.78 is 56.3. The number of aldehydes is 1. The van der Waals surface area contributed by atoms with E-state index in [0.29, 0.717) is 11.8 Å². The maximum absolute atomic E-state index is 11.9. The molecule has 0 spiro atoms. The molecule has 1 amide bonds. The summed E-state index contributed by atoms with van der Waals surface area (Å²) in [6.07, 6.45) is -1.78. The third kappa shape index (κ3) is 10.7. The average Bonchev–Trinajstić information content (AvgIpc) is 3.07. The fourth-order valence-electron chi connectivity index (χ4n) is 2.82. The lowest BCUT2D eigenvalue weighted by Gasteiger charge is -2.34. The molecule has 6 atom stereocenters. The monoisotopic (exact) mass is 558 g/mol. The van der Waals surface area contributed by atoms with Crippen molar-refractivity contribution >= 4 is 35.7 Å². The molecule has 1 aromatic rings. The Morgan fingerprint density at radius 1 is 1.11 bits per heavy atom. The number of ether oxygens (including phenoxy) is 1. The molecule has 1 saturated heterocycles. The lowest BCUT2D eigenvalue weighted by molar-refractivity contribution is -0.251. The largest absolute Gasteiger partial charge is 0.756 e. The maximum Gasteiger partial charge on any atom is 0.280 e. The first kappa shape index (κ1) is 29.9. The van der Waals surface area contributed by atoms with E-state index in [1.165, 1.54) is 24.3 Å². The molecule has 6 unspecified atom stereocenters. The van der Waals surface area contributed by atoms with Crippen LogP contribution in [0.5, 0.6) is 0 Å². The number of carbonyl (C=O) groups excluding carboxylic acids is 2. The van der Waals surface area contributed by atoms with Gasteiger partial charge in [-0.3, -0.25) is 23.3 Å². The predicted molar refractivity (Wildman–Crippen MR) is 111 cm³/mol. The summed E-state index contributed by atoms with van der Waals surface area (Å²) in [5.74, 6) is -0.516. The van der Waals surface area contributed by atoms with Gasteiger partial charge < -0.3 is 38.9 Å². The van der Waals surface area contributed by atoms with Gasteiger partial charge in [0.25, 0.3) is 29.4 Å². The van der Waals surface area contributed by atoms with Crippen LogP contribution in [0.4, 0.5) is 0 Å². The van der Waals surface area contributed by atoms with Crippen LogP contribution in [0.25, 0.3) is 0 Å². The number of hydrogen-bond donors (Lipinski definition) is 2. The van der Waals surface area contributed by atoms with Crippen LogP contribution in [0.3, 0.4) is 0 Å². The number of phosphoric acid groups is 3. The van der Waals surface area contributed by atoms with Gasteiger partial charge in [0.1, 0.15) is 12.4 Å². The first-order valence-corrected chi connectivity index (χ1v) is 14.4. The Kier molecular flexibility index (Phi) is 10.9. The molecule has 35 heavy (non-hydrogen) atoms. The molecule has 15 nitrogen and oxygen atoms in total. The normalized spacial score (nSPS) is 25.2. The molecule has 0 aliphatic carbocycles. The van der Waals surface area contributed by atoms with Crippen LogP contribution in [0.1, 0.15) is 40.5 Å². The minimum Gasteiger partial charge on any atom is -0.756 e. The highest BCUT2D eigenvalue weighted by atomic mass is 31.3. The van der Waals surface area contributed by atoms with E-state index in [-0.39, 0.29) is 31.1 Å². The molecule has 18 heteroatoms. The Bertz CT molecular complexity index is 1020. The second-order valence-corrected chi connectivity index (χ2v) is 11.8. The molecule has 0 bridgehead atoms. The standard InChI is InChI=1S/C17H26NO14P3/c1-12-9-15(20)16(30-12)11-29-34(24,25)32-35(26,27)31-33(22,23)28-8-2-7-18-17(21)14-5-3-13(10-19)4-6-14/h3-6,10,12,15-16,20H,2,7-9,11H2,1H3,(H,18,21)(H,22,23)(H,24,25)(H,26,27)/p-3. The molecule has 2 N–H and O–H groups in total. The van der Waals surface area contributed by atoms with E-state index < -0.39 is 54.8 Å². The van der Waals surface area contributed by atoms with Crippen molar-refractivity contribution in [1.82, 2.24) is 5.32 Å². The van der Waals surface area contributed by atoms with Gasteiger partial charge in [-0.25, -0.2) is 8.62 Å². The van der Waals surface area contributed by atoms with Crippen LogP contribution < -0.4 is 20.0 Å². The summed E-state index contributed by atoms with van der Waals surface area (Å²) in [5.41, 5.74) is 0.614. The number of aliphatic hydroxyl groups is 1. The minimum atomic E-state index is -5.99. The zero-order chi connectivity index (χ0) is 26.3. The zero-order valence-electron chi connectivity index (χ0n) is 18.3. The Balaban J connectivity index is 1.73. The first-order valence-electron chi connectivity index (χ1n) is 10.0. The van der Waals surface area contributed by atoms with Crippen molar-refractivity contribution in [1.29, 1.82) is 0 Å². The van der Waals surface area contributed by atoms with Crippen LogP contribution in [0, 0.1) is 0 Å². The van der Waals surface area contributed by atoms with Crippen molar-refractivity contribution in [2.45, 2.75) is 38.1 Å². The van der Waals surface area contributed by atoms with Gasteiger partial charge in [-0.2, -0.15) is 0 Å². The smallest absolute Gasteiger partial charge is 0.280 e. The summed E-state index contributed by atoms with van der Waals surface area (Å²) in [7, 11) is -17.2. The molecule has 0 aromatic heterocycles. The second-order valence-electron chi connectivity index (χ2n) is 7.27. The van der Waals surface area contributed by atoms with Crippen LogP contribution in [-0.2, 0) is 36.1 Å². The molecule has 1 heterocycles. The van der Waals surface area contributed by atoms with Crippen molar-refractivity contribution in [2.24, 2.45) is 0 Å². The van der Waals surface area contributed by atoms with Gasteiger partial charge in [0, 0.05) is 24.1 Å². The molecular formula is C17H23NO14P3-3. The Labute approximate surface area is 200 Å². The van der Waals surface area contributed by atoms with E-state index in [2.05, 4.69) is 23.0 Å². The summed E-state index contributed by atoms with van der Waals surface area (Å²) >= 11 is 0. The van der Waals surface area contributed by atoms with Crippen molar-refractivity contribution in [3.05, 3.63) is 35.4 Å². The molecule has 1 aromatic carbocycles. The zero-order valence-corrected chi connectivity index (χ0v) is 20.9. The maximum atomic E-state index is 11.9. The molecule has 198 valence electrons. The molecule has 2 rings (SSSR count). The molecule has 0 saturated carbocycles. The molecule has 0 radical (unpaired) electrons. The average molecular weight is 558 g/mol. The van der Waals surface area contributed by atoms with Crippen molar-refractivity contribution in [2.75, 3.05) is 19.8 Å². The van der Waals surface area contributed by atoms with Gasteiger partial charge in [-0.1, -0.05) is 12.1 Å². The van der Waals surface area contributed by atoms with Gasteiger partial charge in [-0.15, -0.1) is 0 Å². The lowest BCUT2D eigenvalue weighted by atomic mass is 10.1. The third-order valence-corrected chi connectivity index (χ3v) is 8.54. The SMILES string of the molecule is CC1CC(O)C(COP(=O)([O-])OP(=O)([O-])OP(=O)([O-])OCCCNC(=O)c2ccc(C=O)cc2)O1. The number of carbonyl (C=O) groups is 2. The molecular weight excluding hydrogens is 535 g/mol. The van der Waals surface area contributed by atoms with Crippen LogP contribution in [-0.4, -0.2) is 55.4 Å². The van der Waals surface area contributed by atoms with Gasteiger partial charge in [0.2, 0.25) is 0 Å². The highest BCUT2D eigenvalue weighted by Crippen LogP contribution is 2.62. The quantitative estimate of drug-likeness (QED) is 0.168. The van der Waals surface area contributed by atoms with Gasteiger partial charge >= 0.3 is 0 Å². The van der Waals surface area contributed by atoms with E-state index in [0.717, 1.165) is 0 Å². The number of benzene rings is 1. The van der Waals surface area contributed by atoms with E-state index >= 15 is 0 Å². The summed E-state index contributed by atoms with van der Waals surface area (Å²) in [4.78, 5) is 57.6. The van der Waals surface area contributed by atoms with Crippen molar-refractivity contribution in [3.8, 4) is 0 Å². The Hall–Kier alpha value is -1.31.